The summed E-state index contributed by atoms with van der Waals surface area (Å²) in [7, 11) is 1.33. The van der Waals surface area contributed by atoms with Crippen molar-refractivity contribution in [2.75, 3.05) is 7.11 Å². The van der Waals surface area contributed by atoms with E-state index in [0.717, 1.165) is 23.3 Å². The van der Waals surface area contributed by atoms with Crippen molar-refractivity contribution in [3.8, 4) is 16.9 Å². The summed E-state index contributed by atoms with van der Waals surface area (Å²) in [4.78, 5) is 0. The topological polar surface area (TPSA) is 29.5 Å². The molecule has 0 amide bonds. The Morgan fingerprint density at radius 1 is 1.05 bits per heavy atom. The van der Waals surface area contributed by atoms with E-state index in [2.05, 4.69) is 0 Å². The molecular weight excluding hydrogens is 269 g/mol. The predicted octanol–water partition coefficient (Wildman–Crippen LogP) is 3.87. The molecule has 0 aliphatic heterocycles. The fourth-order valence-electron chi connectivity index (χ4n) is 1.90. The number of hydrogen-bond donors (Lipinski definition) is 1. The van der Waals surface area contributed by atoms with E-state index in [-0.39, 0.29) is 12.4 Å². The van der Waals surface area contributed by atoms with Gasteiger partial charge in [-0.15, -0.1) is 0 Å². The van der Waals surface area contributed by atoms with Gasteiger partial charge in [-0.3, -0.25) is 0 Å². The van der Waals surface area contributed by atoms with E-state index >= 15 is 0 Å². The highest BCUT2D eigenvalue weighted by Gasteiger charge is 2.31. The van der Waals surface area contributed by atoms with E-state index in [4.69, 9.17) is 9.84 Å². The number of alkyl halides is 3. The van der Waals surface area contributed by atoms with Gasteiger partial charge in [-0.05, 0) is 23.3 Å². The van der Waals surface area contributed by atoms with E-state index in [1.807, 2.05) is 0 Å². The number of halogens is 3. The minimum atomic E-state index is -4.40. The Labute approximate surface area is 114 Å². The van der Waals surface area contributed by atoms with Gasteiger partial charge in [-0.1, -0.05) is 30.3 Å². The Hall–Kier alpha value is -2.01. The SMILES string of the molecule is COc1cc(C(F)(F)F)ccc1-c1ccc(CO)cc1. The molecule has 0 atom stereocenters. The maximum absolute atomic E-state index is 12.7. The third kappa shape index (κ3) is 2.93. The van der Waals surface area contributed by atoms with Crippen molar-refractivity contribution in [1.29, 1.82) is 0 Å². The van der Waals surface area contributed by atoms with Gasteiger partial charge in [0, 0.05) is 5.56 Å². The predicted molar refractivity (Wildman–Crippen MR) is 69.4 cm³/mol. The molecule has 0 heterocycles. The molecule has 0 unspecified atom stereocenters. The van der Waals surface area contributed by atoms with Gasteiger partial charge in [-0.2, -0.15) is 13.2 Å². The molecule has 0 bridgehead atoms. The lowest BCUT2D eigenvalue weighted by Crippen LogP contribution is -2.05. The molecule has 0 aliphatic carbocycles. The highest BCUT2D eigenvalue weighted by molar-refractivity contribution is 5.71. The van der Waals surface area contributed by atoms with Crippen LogP contribution in [0.25, 0.3) is 11.1 Å². The van der Waals surface area contributed by atoms with E-state index in [0.29, 0.717) is 5.56 Å². The lowest BCUT2D eigenvalue weighted by molar-refractivity contribution is -0.137. The molecule has 0 radical (unpaired) electrons. The molecule has 2 aromatic rings. The lowest BCUT2D eigenvalue weighted by Gasteiger charge is -2.13. The fourth-order valence-corrected chi connectivity index (χ4v) is 1.90. The first-order valence-corrected chi connectivity index (χ1v) is 5.91. The largest absolute Gasteiger partial charge is 0.496 e. The van der Waals surface area contributed by atoms with Crippen molar-refractivity contribution in [3.63, 3.8) is 0 Å². The molecule has 106 valence electrons. The average molecular weight is 282 g/mol. The Morgan fingerprint density at radius 3 is 2.20 bits per heavy atom. The van der Waals surface area contributed by atoms with Gasteiger partial charge in [0.1, 0.15) is 5.75 Å². The van der Waals surface area contributed by atoms with E-state index < -0.39 is 11.7 Å². The van der Waals surface area contributed by atoms with E-state index in [1.165, 1.54) is 13.2 Å². The Kier molecular flexibility index (Phi) is 3.99. The lowest BCUT2D eigenvalue weighted by atomic mass is 10.0. The summed E-state index contributed by atoms with van der Waals surface area (Å²) in [6.07, 6.45) is -4.40. The van der Waals surface area contributed by atoms with Crippen LogP contribution in [0.5, 0.6) is 5.75 Å². The Morgan fingerprint density at radius 2 is 1.70 bits per heavy atom. The van der Waals surface area contributed by atoms with Crippen molar-refractivity contribution in [2.24, 2.45) is 0 Å². The first-order chi connectivity index (χ1) is 9.45. The highest BCUT2D eigenvalue weighted by Crippen LogP contribution is 2.37. The molecule has 0 saturated heterocycles. The molecule has 20 heavy (non-hydrogen) atoms. The molecule has 0 aromatic heterocycles. The molecule has 2 nitrogen and oxygen atoms in total. The highest BCUT2D eigenvalue weighted by atomic mass is 19.4. The maximum Gasteiger partial charge on any atom is 0.416 e. The summed E-state index contributed by atoms with van der Waals surface area (Å²) < 4.78 is 43.0. The second kappa shape index (κ2) is 5.54. The van der Waals surface area contributed by atoms with Crippen LogP contribution >= 0.6 is 0 Å². The van der Waals surface area contributed by atoms with Gasteiger partial charge in [0.05, 0.1) is 19.3 Å². The quantitative estimate of drug-likeness (QED) is 0.926. The van der Waals surface area contributed by atoms with Gasteiger partial charge in [0.15, 0.2) is 0 Å². The van der Waals surface area contributed by atoms with Gasteiger partial charge in [0.2, 0.25) is 0 Å². The second-order valence-corrected chi connectivity index (χ2v) is 4.27. The maximum atomic E-state index is 12.7. The second-order valence-electron chi connectivity index (χ2n) is 4.27. The number of aliphatic hydroxyl groups excluding tert-OH is 1. The van der Waals surface area contributed by atoms with E-state index in [9.17, 15) is 13.2 Å². The van der Waals surface area contributed by atoms with Gasteiger partial charge in [0.25, 0.3) is 0 Å². The van der Waals surface area contributed by atoms with Crippen molar-refractivity contribution in [3.05, 3.63) is 53.6 Å². The zero-order valence-corrected chi connectivity index (χ0v) is 10.7. The molecule has 0 spiro atoms. The third-order valence-electron chi connectivity index (χ3n) is 2.98. The minimum absolute atomic E-state index is 0.0789. The van der Waals surface area contributed by atoms with Crippen LogP contribution in [-0.2, 0) is 12.8 Å². The minimum Gasteiger partial charge on any atom is -0.496 e. The molecule has 0 fully saturated rings. The van der Waals surface area contributed by atoms with Gasteiger partial charge < -0.3 is 9.84 Å². The molecule has 0 aliphatic rings. The van der Waals surface area contributed by atoms with Crippen molar-refractivity contribution < 1.29 is 23.0 Å². The Bertz CT molecular complexity index is 589. The normalized spacial score (nSPS) is 11.4. The number of methoxy groups -OCH3 is 1. The zero-order valence-electron chi connectivity index (χ0n) is 10.7. The summed E-state index contributed by atoms with van der Waals surface area (Å²) in [5.41, 5.74) is 1.29. The molecule has 0 saturated carbocycles. The van der Waals surface area contributed by atoms with Crippen LogP contribution in [0, 0.1) is 0 Å². The zero-order chi connectivity index (χ0) is 14.8. The third-order valence-corrected chi connectivity index (χ3v) is 2.98. The Balaban J connectivity index is 2.45. The summed E-state index contributed by atoms with van der Waals surface area (Å²) in [6.45, 7) is -0.0789. The van der Waals surface area contributed by atoms with Gasteiger partial charge in [-0.25, -0.2) is 0 Å². The van der Waals surface area contributed by atoms with Gasteiger partial charge >= 0.3 is 6.18 Å². The van der Waals surface area contributed by atoms with Crippen LogP contribution in [-0.4, -0.2) is 12.2 Å². The smallest absolute Gasteiger partial charge is 0.416 e. The van der Waals surface area contributed by atoms with Crippen LogP contribution in [0.4, 0.5) is 13.2 Å². The fraction of sp³-hybridized carbons (Fsp3) is 0.200. The standard InChI is InChI=1S/C15H13F3O2/c1-20-14-8-12(15(16,17)18)6-7-13(14)11-4-2-10(9-19)3-5-11/h2-8,19H,9H2,1H3. The van der Waals surface area contributed by atoms with Crippen LogP contribution in [0.1, 0.15) is 11.1 Å². The monoisotopic (exact) mass is 282 g/mol. The van der Waals surface area contributed by atoms with Crippen molar-refractivity contribution in [2.45, 2.75) is 12.8 Å². The molecular formula is C15H13F3O2. The number of benzene rings is 2. The number of hydrogen-bond acceptors (Lipinski definition) is 2. The summed E-state index contributed by atoms with van der Waals surface area (Å²) in [5, 5.41) is 8.98. The average Bonchev–Trinajstić information content (AvgIpc) is 2.45. The van der Waals surface area contributed by atoms with E-state index in [1.54, 1.807) is 24.3 Å². The molecule has 2 rings (SSSR count). The summed E-state index contributed by atoms with van der Waals surface area (Å²) >= 11 is 0. The molecule has 1 N–H and O–H groups in total. The summed E-state index contributed by atoms with van der Waals surface area (Å²) in [5.74, 6) is 0.163. The van der Waals surface area contributed by atoms with Crippen molar-refractivity contribution in [1.82, 2.24) is 0 Å². The van der Waals surface area contributed by atoms with Crippen molar-refractivity contribution >= 4 is 0 Å². The first kappa shape index (κ1) is 14.4. The number of ether oxygens (including phenoxy) is 1. The van der Waals surface area contributed by atoms with Crippen LogP contribution < -0.4 is 4.74 Å². The first-order valence-electron chi connectivity index (χ1n) is 5.91. The molecule has 5 heteroatoms. The van der Waals surface area contributed by atoms with Crippen LogP contribution in [0.3, 0.4) is 0 Å². The molecule has 2 aromatic carbocycles. The van der Waals surface area contributed by atoms with Crippen LogP contribution in [0.2, 0.25) is 0 Å². The van der Waals surface area contributed by atoms with Crippen LogP contribution in [0.15, 0.2) is 42.5 Å². The number of rotatable bonds is 3. The number of aliphatic hydroxyl groups is 1. The summed E-state index contributed by atoms with van der Waals surface area (Å²) in [6, 6.07) is 10.3.